The third-order valence-corrected chi connectivity index (χ3v) is 5.19. The van der Waals surface area contributed by atoms with Crippen molar-refractivity contribution in [2.75, 3.05) is 5.32 Å². The number of anilines is 1. The molecule has 0 bridgehead atoms. The maximum atomic E-state index is 6.07. The second-order valence-corrected chi connectivity index (χ2v) is 8.07. The first kappa shape index (κ1) is 16.9. The predicted octanol–water partition coefficient (Wildman–Crippen LogP) is 5.73. The van der Waals surface area contributed by atoms with Crippen LogP contribution in [0.25, 0.3) is 0 Å². The van der Waals surface area contributed by atoms with E-state index in [0.29, 0.717) is 10.0 Å². The van der Waals surface area contributed by atoms with Gasteiger partial charge in [0, 0.05) is 16.8 Å². The van der Waals surface area contributed by atoms with Crippen molar-refractivity contribution in [3.05, 3.63) is 28.2 Å². The molecular formula is C16H22Cl2N2S. The highest BCUT2D eigenvalue weighted by molar-refractivity contribution is 7.80. The molecule has 0 atom stereocenters. The molecule has 0 amide bonds. The molecule has 0 aromatic heterocycles. The number of nitrogens with zero attached hydrogens (tertiary/aromatic N) is 1. The van der Waals surface area contributed by atoms with Crippen LogP contribution in [0.3, 0.4) is 0 Å². The topological polar surface area (TPSA) is 15.3 Å². The highest BCUT2D eigenvalue weighted by atomic mass is 35.5. The van der Waals surface area contributed by atoms with Crippen molar-refractivity contribution < 1.29 is 0 Å². The van der Waals surface area contributed by atoms with E-state index in [1.54, 1.807) is 12.1 Å². The van der Waals surface area contributed by atoms with Crippen LogP contribution < -0.4 is 5.32 Å². The van der Waals surface area contributed by atoms with Gasteiger partial charge in [0.2, 0.25) is 0 Å². The number of hydrogen-bond acceptors (Lipinski definition) is 1. The molecule has 21 heavy (non-hydrogen) atoms. The number of likely N-dealkylation sites (tertiary alicyclic amines) is 1. The monoisotopic (exact) mass is 344 g/mol. The molecule has 0 aliphatic carbocycles. The van der Waals surface area contributed by atoms with E-state index < -0.39 is 0 Å². The standard InChI is InChI=1S/C16H22Cl2N2S/c1-15(2)8-5-9-16(3,4)20(15)14(21)19-11-6-7-12(17)13(18)10-11/h6-7,10H,5,8-9H2,1-4H3,(H,19,21). The van der Waals surface area contributed by atoms with Crippen LogP contribution in [-0.4, -0.2) is 21.1 Å². The van der Waals surface area contributed by atoms with E-state index >= 15 is 0 Å². The molecule has 1 aromatic carbocycles. The summed E-state index contributed by atoms with van der Waals surface area (Å²) in [4.78, 5) is 2.32. The van der Waals surface area contributed by atoms with Crippen molar-refractivity contribution in [2.45, 2.75) is 58.0 Å². The van der Waals surface area contributed by atoms with E-state index in [4.69, 9.17) is 35.4 Å². The van der Waals surface area contributed by atoms with Gasteiger partial charge in [-0.1, -0.05) is 23.2 Å². The van der Waals surface area contributed by atoms with Gasteiger partial charge < -0.3 is 10.2 Å². The molecule has 2 rings (SSSR count). The molecule has 0 radical (unpaired) electrons. The number of piperidine rings is 1. The van der Waals surface area contributed by atoms with Crippen molar-refractivity contribution >= 4 is 46.2 Å². The van der Waals surface area contributed by atoms with Crippen LogP contribution in [0.2, 0.25) is 10.0 Å². The maximum Gasteiger partial charge on any atom is 0.174 e. The first-order valence-corrected chi connectivity index (χ1v) is 8.36. The fraction of sp³-hybridized carbons (Fsp3) is 0.562. The summed E-state index contributed by atoms with van der Waals surface area (Å²) in [6.45, 7) is 8.99. The maximum absolute atomic E-state index is 6.07. The number of hydrogen-bond donors (Lipinski definition) is 1. The molecule has 0 saturated carbocycles. The molecule has 1 saturated heterocycles. The Morgan fingerprint density at radius 1 is 1.10 bits per heavy atom. The van der Waals surface area contributed by atoms with E-state index in [2.05, 4.69) is 37.9 Å². The van der Waals surface area contributed by atoms with E-state index in [9.17, 15) is 0 Å². The third kappa shape index (κ3) is 3.64. The molecule has 1 aromatic rings. The average molecular weight is 345 g/mol. The second-order valence-electron chi connectivity index (χ2n) is 6.87. The fourth-order valence-electron chi connectivity index (χ4n) is 3.30. The van der Waals surface area contributed by atoms with Crippen LogP contribution in [0.4, 0.5) is 5.69 Å². The molecule has 1 N–H and O–H groups in total. The van der Waals surface area contributed by atoms with Gasteiger partial charge in [0.05, 0.1) is 10.0 Å². The molecule has 1 aliphatic heterocycles. The van der Waals surface area contributed by atoms with Crippen LogP contribution in [-0.2, 0) is 0 Å². The number of thiocarbonyl (C=S) groups is 1. The molecule has 0 unspecified atom stereocenters. The van der Waals surface area contributed by atoms with Crippen LogP contribution in [0, 0.1) is 0 Å². The van der Waals surface area contributed by atoms with E-state index in [-0.39, 0.29) is 11.1 Å². The summed E-state index contributed by atoms with van der Waals surface area (Å²) in [5, 5.41) is 5.12. The van der Waals surface area contributed by atoms with Gasteiger partial charge in [0.15, 0.2) is 5.11 Å². The van der Waals surface area contributed by atoms with E-state index in [1.165, 1.54) is 6.42 Å². The van der Waals surface area contributed by atoms with Crippen LogP contribution in [0.1, 0.15) is 47.0 Å². The predicted molar refractivity (Wildman–Crippen MR) is 96.5 cm³/mol. The zero-order chi connectivity index (χ0) is 15.8. The smallest absolute Gasteiger partial charge is 0.174 e. The molecule has 5 heteroatoms. The Hall–Kier alpha value is -0.510. The zero-order valence-electron chi connectivity index (χ0n) is 13.0. The van der Waals surface area contributed by atoms with Gasteiger partial charge in [-0.15, -0.1) is 0 Å². The summed E-state index contributed by atoms with van der Waals surface area (Å²) in [6, 6.07) is 5.48. The summed E-state index contributed by atoms with van der Waals surface area (Å²) in [5.74, 6) is 0. The highest BCUT2D eigenvalue weighted by Crippen LogP contribution is 2.38. The molecule has 1 aliphatic rings. The van der Waals surface area contributed by atoms with Crippen LogP contribution in [0.5, 0.6) is 0 Å². The van der Waals surface area contributed by atoms with Crippen molar-refractivity contribution in [3.8, 4) is 0 Å². The Bertz CT molecular complexity index is 539. The van der Waals surface area contributed by atoms with Crippen molar-refractivity contribution in [1.29, 1.82) is 0 Å². The quantitative estimate of drug-likeness (QED) is 0.654. The number of nitrogens with one attached hydrogen (secondary N) is 1. The molecule has 2 nitrogen and oxygen atoms in total. The Kier molecular flexibility index (Phi) is 4.77. The minimum absolute atomic E-state index is 0.0437. The van der Waals surface area contributed by atoms with Crippen LogP contribution in [0.15, 0.2) is 18.2 Å². The molecule has 116 valence electrons. The van der Waals surface area contributed by atoms with E-state index in [0.717, 1.165) is 23.6 Å². The summed E-state index contributed by atoms with van der Waals surface area (Å²) < 4.78 is 0. The number of benzene rings is 1. The summed E-state index contributed by atoms with van der Waals surface area (Å²) in [6.07, 6.45) is 3.51. The largest absolute Gasteiger partial charge is 0.339 e. The summed E-state index contributed by atoms with van der Waals surface area (Å²) in [5.41, 5.74) is 0.955. The Morgan fingerprint density at radius 2 is 1.67 bits per heavy atom. The van der Waals surface area contributed by atoms with Crippen molar-refractivity contribution in [2.24, 2.45) is 0 Å². The first-order chi connectivity index (χ1) is 9.63. The van der Waals surface area contributed by atoms with Gasteiger partial charge in [-0.2, -0.15) is 0 Å². The molecule has 1 heterocycles. The molecule has 0 spiro atoms. The normalized spacial score (nSPS) is 20.2. The third-order valence-electron chi connectivity index (χ3n) is 4.16. The fourth-order valence-corrected chi connectivity index (χ4v) is 4.21. The van der Waals surface area contributed by atoms with Gasteiger partial charge in [-0.25, -0.2) is 0 Å². The van der Waals surface area contributed by atoms with Crippen LogP contribution >= 0.6 is 35.4 Å². The first-order valence-electron chi connectivity index (χ1n) is 7.20. The Balaban J connectivity index is 2.23. The molecular weight excluding hydrogens is 323 g/mol. The minimum atomic E-state index is 0.0437. The van der Waals surface area contributed by atoms with Gasteiger partial charge in [0.1, 0.15) is 0 Å². The second kappa shape index (κ2) is 5.94. The molecule has 1 fully saturated rings. The Morgan fingerprint density at radius 3 is 2.19 bits per heavy atom. The SMILES string of the molecule is CC1(C)CCCC(C)(C)N1C(=S)Nc1ccc(Cl)c(Cl)c1. The number of halogens is 2. The lowest BCUT2D eigenvalue weighted by atomic mass is 9.80. The summed E-state index contributed by atoms with van der Waals surface area (Å²) >= 11 is 17.7. The zero-order valence-corrected chi connectivity index (χ0v) is 15.3. The van der Waals surface area contributed by atoms with Crippen molar-refractivity contribution in [3.63, 3.8) is 0 Å². The van der Waals surface area contributed by atoms with Crippen molar-refractivity contribution in [1.82, 2.24) is 4.90 Å². The lowest BCUT2D eigenvalue weighted by Crippen LogP contribution is -2.61. The minimum Gasteiger partial charge on any atom is -0.339 e. The lowest BCUT2D eigenvalue weighted by Gasteiger charge is -2.54. The van der Waals surface area contributed by atoms with Gasteiger partial charge in [0.25, 0.3) is 0 Å². The lowest BCUT2D eigenvalue weighted by molar-refractivity contribution is 0.0440. The number of rotatable bonds is 1. The van der Waals surface area contributed by atoms with Gasteiger partial charge in [-0.05, 0) is 77.4 Å². The Labute approximate surface area is 142 Å². The average Bonchev–Trinajstić information content (AvgIpc) is 2.31. The highest BCUT2D eigenvalue weighted by Gasteiger charge is 2.42. The van der Waals surface area contributed by atoms with E-state index in [1.807, 2.05) is 6.07 Å². The van der Waals surface area contributed by atoms with Gasteiger partial charge in [-0.3, -0.25) is 0 Å². The summed E-state index contributed by atoms with van der Waals surface area (Å²) in [7, 11) is 0. The van der Waals surface area contributed by atoms with Gasteiger partial charge >= 0.3 is 0 Å².